The molecular formula is C17H19ClO2. The Labute approximate surface area is 125 Å². The lowest BCUT2D eigenvalue weighted by atomic mass is 10.00. The molecule has 0 spiro atoms. The summed E-state index contributed by atoms with van der Waals surface area (Å²) in [7, 11) is 0. The van der Waals surface area contributed by atoms with Gasteiger partial charge in [0.15, 0.2) is 0 Å². The molecule has 3 heteroatoms. The SMILES string of the molecule is CCCOc1ccc(C(O)c2cc(C)ccc2Cl)cc1. The van der Waals surface area contributed by atoms with Gasteiger partial charge < -0.3 is 9.84 Å². The third kappa shape index (κ3) is 3.53. The second kappa shape index (κ2) is 6.78. The molecule has 0 heterocycles. The zero-order valence-electron chi connectivity index (χ0n) is 11.8. The second-order valence-electron chi connectivity index (χ2n) is 4.85. The van der Waals surface area contributed by atoms with Crippen molar-refractivity contribution in [3.8, 4) is 5.75 Å². The van der Waals surface area contributed by atoms with E-state index in [1.165, 1.54) is 0 Å². The summed E-state index contributed by atoms with van der Waals surface area (Å²) in [6, 6.07) is 13.1. The molecule has 0 aliphatic carbocycles. The third-order valence-corrected chi connectivity index (χ3v) is 3.46. The quantitative estimate of drug-likeness (QED) is 0.877. The molecule has 0 radical (unpaired) electrons. The first-order chi connectivity index (χ1) is 9.61. The first kappa shape index (κ1) is 14.9. The molecule has 0 bridgehead atoms. The van der Waals surface area contributed by atoms with Gasteiger partial charge in [-0.1, -0.05) is 48.4 Å². The normalized spacial score (nSPS) is 12.2. The molecule has 2 aromatic carbocycles. The summed E-state index contributed by atoms with van der Waals surface area (Å²) >= 11 is 6.16. The number of halogens is 1. The maximum absolute atomic E-state index is 10.4. The summed E-state index contributed by atoms with van der Waals surface area (Å²) in [5.41, 5.74) is 2.61. The minimum absolute atomic E-state index is 0.578. The van der Waals surface area contributed by atoms with Gasteiger partial charge >= 0.3 is 0 Å². The van der Waals surface area contributed by atoms with Crippen molar-refractivity contribution in [3.05, 3.63) is 64.2 Å². The Morgan fingerprint density at radius 2 is 1.85 bits per heavy atom. The van der Waals surface area contributed by atoms with Crippen LogP contribution in [0.25, 0.3) is 0 Å². The number of rotatable bonds is 5. The summed E-state index contributed by atoms with van der Waals surface area (Å²) in [6.07, 6.45) is 0.256. The summed E-state index contributed by atoms with van der Waals surface area (Å²) in [6.45, 7) is 4.75. The number of ether oxygens (including phenoxy) is 1. The van der Waals surface area contributed by atoms with Gasteiger partial charge in [-0.25, -0.2) is 0 Å². The fraction of sp³-hybridized carbons (Fsp3) is 0.294. The molecule has 0 aliphatic heterocycles. The van der Waals surface area contributed by atoms with E-state index >= 15 is 0 Å². The molecule has 0 saturated carbocycles. The predicted molar refractivity (Wildman–Crippen MR) is 82.5 cm³/mol. The molecule has 0 saturated heterocycles. The van der Waals surface area contributed by atoms with Gasteiger partial charge in [0.05, 0.1) is 6.61 Å². The number of hydrogen-bond acceptors (Lipinski definition) is 2. The lowest BCUT2D eigenvalue weighted by Crippen LogP contribution is -2.01. The van der Waals surface area contributed by atoms with Crippen molar-refractivity contribution in [2.75, 3.05) is 6.61 Å². The summed E-state index contributed by atoms with van der Waals surface area (Å²) in [5, 5.41) is 11.0. The molecule has 20 heavy (non-hydrogen) atoms. The van der Waals surface area contributed by atoms with Gasteiger partial charge in [-0.3, -0.25) is 0 Å². The third-order valence-electron chi connectivity index (χ3n) is 3.11. The highest BCUT2D eigenvalue weighted by atomic mass is 35.5. The van der Waals surface area contributed by atoms with Gasteiger partial charge in [0.25, 0.3) is 0 Å². The largest absolute Gasteiger partial charge is 0.494 e. The van der Waals surface area contributed by atoms with Crippen LogP contribution < -0.4 is 4.74 Å². The molecule has 1 N–H and O–H groups in total. The van der Waals surface area contributed by atoms with Crippen LogP contribution in [-0.2, 0) is 0 Å². The Morgan fingerprint density at radius 3 is 2.50 bits per heavy atom. The van der Waals surface area contributed by atoms with Crippen molar-refractivity contribution < 1.29 is 9.84 Å². The topological polar surface area (TPSA) is 29.5 Å². The highest BCUT2D eigenvalue weighted by Gasteiger charge is 2.14. The Hall–Kier alpha value is -1.51. The van der Waals surface area contributed by atoms with Crippen molar-refractivity contribution in [1.82, 2.24) is 0 Å². The van der Waals surface area contributed by atoms with Gasteiger partial charge in [-0.05, 0) is 37.1 Å². The maximum atomic E-state index is 10.4. The molecule has 106 valence electrons. The van der Waals surface area contributed by atoms with Crippen molar-refractivity contribution in [1.29, 1.82) is 0 Å². The van der Waals surface area contributed by atoms with Crippen LogP contribution in [-0.4, -0.2) is 11.7 Å². The van der Waals surface area contributed by atoms with Gasteiger partial charge in [0.1, 0.15) is 11.9 Å². The first-order valence-electron chi connectivity index (χ1n) is 6.78. The highest BCUT2D eigenvalue weighted by Crippen LogP contribution is 2.30. The van der Waals surface area contributed by atoms with E-state index in [0.29, 0.717) is 11.6 Å². The molecule has 2 rings (SSSR count). The standard InChI is InChI=1S/C17H19ClO2/c1-3-10-20-14-7-5-13(6-8-14)17(19)15-11-12(2)4-9-16(15)18/h4-9,11,17,19H,3,10H2,1-2H3. The number of aliphatic hydroxyl groups is 1. The zero-order valence-corrected chi connectivity index (χ0v) is 12.5. The molecule has 1 unspecified atom stereocenters. The molecule has 1 atom stereocenters. The van der Waals surface area contributed by atoms with Gasteiger partial charge in [0, 0.05) is 10.6 Å². The molecule has 0 aromatic heterocycles. The average Bonchev–Trinajstić information content (AvgIpc) is 2.47. The van der Waals surface area contributed by atoms with Crippen LogP contribution in [0.1, 0.15) is 36.1 Å². The van der Waals surface area contributed by atoms with Crippen LogP contribution in [0.2, 0.25) is 5.02 Å². The van der Waals surface area contributed by atoms with Crippen LogP contribution in [0.15, 0.2) is 42.5 Å². The van der Waals surface area contributed by atoms with Crippen LogP contribution in [0.4, 0.5) is 0 Å². The number of aliphatic hydroxyl groups excluding tert-OH is 1. The summed E-state index contributed by atoms with van der Waals surface area (Å²) in [4.78, 5) is 0. The van der Waals surface area contributed by atoms with Crippen LogP contribution in [0.3, 0.4) is 0 Å². The lowest BCUT2D eigenvalue weighted by Gasteiger charge is -2.14. The number of benzene rings is 2. The Bertz CT molecular complexity index is 564. The van der Waals surface area contributed by atoms with Crippen LogP contribution in [0.5, 0.6) is 5.75 Å². The Balaban J connectivity index is 2.20. The molecule has 0 fully saturated rings. The molecular weight excluding hydrogens is 272 g/mol. The Morgan fingerprint density at radius 1 is 1.15 bits per heavy atom. The van der Waals surface area contributed by atoms with E-state index in [2.05, 4.69) is 6.92 Å². The van der Waals surface area contributed by atoms with Crippen molar-refractivity contribution >= 4 is 11.6 Å². The summed E-state index contributed by atoms with van der Waals surface area (Å²) < 4.78 is 5.53. The second-order valence-corrected chi connectivity index (χ2v) is 5.25. The number of hydrogen-bond donors (Lipinski definition) is 1. The van der Waals surface area contributed by atoms with Gasteiger partial charge in [-0.2, -0.15) is 0 Å². The van der Waals surface area contributed by atoms with Gasteiger partial charge in [-0.15, -0.1) is 0 Å². The van der Waals surface area contributed by atoms with Crippen molar-refractivity contribution in [2.45, 2.75) is 26.4 Å². The van der Waals surface area contributed by atoms with Gasteiger partial charge in [0.2, 0.25) is 0 Å². The van der Waals surface area contributed by atoms with E-state index in [1.54, 1.807) is 0 Å². The first-order valence-corrected chi connectivity index (χ1v) is 7.16. The van der Waals surface area contributed by atoms with E-state index < -0.39 is 6.10 Å². The van der Waals surface area contributed by atoms with Crippen LogP contribution in [0, 0.1) is 6.92 Å². The minimum atomic E-state index is -0.720. The summed E-state index contributed by atoms with van der Waals surface area (Å²) in [5.74, 6) is 0.818. The van der Waals surface area contributed by atoms with E-state index in [-0.39, 0.29) is 0 Å². The minimum Gasteiger partial charge on any atom is -0.494 e. The zero-order chi connectivity index (χ0) is 14.5. The van der Waals surface area contributed by atoms with E-state index in [1.807, 2.05) is 49.4 Å². The maximum Gasteiger partial charge on any atom is 0.119 e. The number of aryl methyl sites for hydroxylation is 1. The highest BCUT2D eigenvalue weighted by molar-refractivity contribution is 6.31. The fourth-order valence-corrected chi connectivity index (χ4v) is 2.24. The van der Waals surface area contributed by atoms with E-state index in [4.69, 9.17) is 16.3 Å². The van der Waals surface area contributed by atoms with E-state index in [9.17, 15) is 5.11 Å². The van der Waals surface area contributed by atoms with Crippen molar-refractivity contribution in [2.24, 2.45) is 0 Å². The predicted octanol–water partition coefficient (Wildman–Crippen LogP) is 4.52. The fourth-order valence-electron chi connectivity index (χ4n) is 2.02. The van der Waals surface area contributed by atoms with Crippen molar-refractivity contribution in [3.63, 3.8) is 0 Å². The lowest BCUT2D eigenvalue weighted by molar-refractivity contribution is 0.220. The molecule has 2 nitrogen and oxygen atoms in total. The Kier molecular flexibility index (Phi) is 5.05. The van der Waals surface area contributed by atoms with E-state index in [0.717, 1.165) is 28.9 Å². The molecule has 2 aromatic rings. The average molecular weight is 291 g/mol. The molecule has 0 aliphatic rings. The molecule has 0 amide bonds. The van der Waals surface area contributed by atoms with Crippen LogP contribution >= 0.6 is 11.6 Å². The smallest absolute Gasteiger partial charge is 0.119 e. The monoisotopic (exact) mass is 290 g/mol.